The molecule has 0 amide bonds. The average molecular weight is 342 g/mol. The highest BCUT2D eigenvalue weighted by Gasteiger charge is 2.16. The zero-order chi connectivity index (χ0) is 13.8. The first-order valence-corrected chi connectivity index (χ1v) is 7.50. The Morgan fingerprint density at radius 1 is 1.16 bits per heavy atom. The summed E-state index contributed by atoms with van der Waals surface area (Å²) in [4.78, 5) is 0. The molecule has 0 bridgehead atoms. The van der Waals surface area contributed by atoms with Crippen molar-refractivity contribution in [2.75, 3.05) is 5.88 Å². The Bertz CT molecular complexity index is 568. The van der Waals surface area contributed by atoms with E-state index in [9.17, 15) is 4.39 Å². The van der Waals surface area contributed by atoms with Crippen molar-refractivity contribution in [1.29, 1.82) is 0 Å². The predicted molar refractivity (Wildman–Crippen MR) is 82.4 cm³/mol. The van der Waals surface area contributed by atoms with Gasteiger partial charge in [0.2, 0.25) is 0 Å². The molecule has 0 aliphatic rings. The number of rotatable bonds is 4. The van der Waals surface area contributed by atoms with Crippen molar-refractivity contribution in [2.24, 2.45) is 0 Å². The van der Waals surface area contributed by atoms with Gasteiger partial charge in [-0.2, -0.15) is 0 Å². The van der Waals surface area contributed by atoms with Gasteiger partial charge in [0, 0.05) is 11.8 Å². The third-order valence-electron chi connectivity index (χ3n) is 3.31. The molecule has 3 heteroatoms. The van der Waals surface area contributed by atoms with Crippen LogP contribution in [0.4, 0.5) is 4.39 Å². The van der Waals surface area contributed by atoms with Crippen LogP contribution in [0.3, 0.4) is 0 Å². The largest absolute Gasteiger partial charge is 0.206 e. The molecule has 0 heterocycles. The maximum absolute atomic E-state index is 13.5. The highest BCUT2D eigenvalue weighted by Crippen LogP contribution is 2.29. The van der Waals surface area contributed by atoms with E-state index in [-0.39, 0.29) is 11.7 Å². The van der Waals surface area contributed by atoms with Gasteiger partial charge in [-0.1, -0.05) is 36.4 Å². The minimum atomic E-state index is -0.226. The van der Waals surface area contributed by atoms with Gasteiger partial charge in [0.25, 0.3) is 0 Å². The fourth-order valence-corrected chi connectivity index (χ4v) is 2.97. The van der Waals surface area contributed by atoms with Crippen LogP contribution in [-0.2, 0) is 6.42 Å². The van der Waals surface area contributed by atoms with Gasteiger partial charge in [0.05, 0.1) is 4.47 Å². The van der Waals surface area contributed by atoms with Gasteiger partial charge >= 0.3 is 0 Å². The Labute approximate surface area is 126 Å². The summed E-state index contributed by atoms with van der Waals surface area (Å²) >= 11 is 9.42. The lowest BCUT2D eigenvalue weighted by atomic mass is 9.90. The van der Waals surface area contributed by atoms with Crippen LogP contribution in [0.5, 0.6) is 0 Å². The third-order valence-corrected chi connectivity index (χ3v) is 4.57. The van der Waals surface area contributed by atoms with E-state index < -0.39 is 0 Å². The number of halogens is 3. The highest BCUT2D eigenvalue weighted by atomic mass is 79.9. The molecule has 0 saturated heterocycles. The Kier molecular flexibility index (Phi) is 5.00. The van der Waals surface area contributed by atoms with Gasteiger partial charge in [-0.05, 0) is 52.0 Å². The molecule has 2 rings (SSSR count). The zero-order valence-electron chi connectivity index (χ0n) is 10.7. The second-order valence-corrected chi connectivity index (χ2v) is 5.73. The van der Waals surface area contributed by atoms with Crippen molar-refractivity contribution in [3.05, 3.63) is 69.4 Å². The molecule has 2 aromatic carbocycles. The number of aryl methyl sites for hydroxylation is 1. The molecule has 100 valence electrons. The Balaban J connectivity index is 2.30. The maximum Gasteiger partial charge on any atom is 0.137 e. The smallest absolute Gasteiger partial charge is 0.137 e. The molecule has 0 nitrogen and oxygen atoms in total. The number of alkyl halides is 1. The molecule has 0 N–H and O–H groups in total. The molecule has 0 aliphatic carbocycles. The van der Waals surface area contributed by atoms with Crippen LogP contribution in [0.25, 0.3) is 0 Å². The lowest BCUT2D eigenvalue weighted by Gasteiger charge is -2.18. The summed E-state index contributed by atoms with van der Waals surface area (Å²) in [5.74, 6) is 0.491. The van der Waals surface area contributed by atoms with Crippen LogP contribution in [0.15, 0.2) is 46.9 Å². The summed E-state index contributed by atoms with van der Waals surface area (Å²) in [6.07, 6.45) is 0.729. The van der Waals surface area contributed by atoms with E-state index in [1.54, 1.807) is 6.07 Å². The number of hydrogen-bond donors (Lipinski definition) is 0. The van der Waals surface area contributed by atoms with Crippen molar-refractivity contribution in [3.63, 3.8) is 0 Å². The SMILES string of the molecule is Cc1ccccc1C(CCl)Cc1cccc(F)c1Br. The molecule has 1 unspecified atom stereocenters. The Morgan fingerprint density at radius 2 is 1.89 bits per heavy atom. The summed E-state index contributed by atoms with van der Waals surface area (Å²) in [6, 6.07) is 13.3. The van der Waals surface area contributed by atoms with Crippen LogP contribution >= 0.6 is 27.5 Å². The van der Waals surface area contributed by atoms with E-state index in [4.69, 9.17) is 11.6 Å². The van der Waals surface area contributed by atoms with Crippen LogP contribution in [-0.4, -0.2) is 5.88 Å². The molecule has 0 aromatic heterocycles. The van der Waals surface area contributed by atoms with E-state index in [0.29, 0.717) is 10.4 Å². The van der Waals surface area contributed by atoms with Crippen molar-refractivity contribution in [3.8, 4) is 0 Å². The van der Waals surface area contributed by atoms with Crippen molar-refractivity contribution >= 4 is 27.5 Å². The number of hydrogen-bond acceptors (Lipinski definition) is 0. The first-order valence-electron chi connectivity index (χ1n) is 6.18. The fourth-order valence-electron chi connectivity index (χ4n) is 2.26. The van der Waals surface area contributed by atoms with E-state index in [1.807, 2.05) is 18.2 Å². The molecule has 0 spiro atoms. The van der Waals surface area contributed by atoms with E-state index in [2.05, 4.69) is 35.0 Å². The number of benzene rings is 2. The molecular formula is C16H15BrClF. The third kappa shape index (κ3) is 3.37. The maximum atomic E-state index is 13.5. The monoisotopic (exact) mass is 340 g/mol. The molecule has 0 fully saturated rings. The summed E-state index contributed by atoms with van der Waals surface area (Å²) in [6.45, 7) is 2.08. The molecule has 0 saturated carbocycles. The second-order valence-electron chi connectivity index (χ2n) is 4.62. The summed E-state index contributed by atoms with van der Waals surface area (Å²) in [5, 5.41) is 0. The molecular weight excluding hydrogens is 327 g/mol. The standard InChI is InChI=1S/C16H15BrClF/c1-11-5-2-3-7-14(11)13(10-18)9-12-6-4-8-15(19)16(12)17/h2-8,13H,9-10H2,1H3. The van der Waals surface area contributed by atoms with Crippen molar-refractivity contribution < 1.29 is 4.39 Å². The average Bonchev–Trinajstić information content (AvgIpc) is 2.41. The molecule has 0 aliphatic heterocycles. The molecule has 1 atom stereocenters. The summed E-state index contributed by atoms with van der Waals surface area (Å²) in [5.41, 5.74) is 3.41. The Hall–Kier alpha value is -0.860. The Morgan fingerprint density at radius 3 is 2.58 bits per heavy atom. The van der Waals surface area contributed by atoms with E-state index >= 15 is 0 Å². The fraction of sp³-hybridized carbons (Fsp3) is 0.250. The van der Waals surface area contributed by atoms with Gasteiger partial charge in [-0.3, -0.25) is 0 Å². The van der Waals surface area contributed by atoms with Crippen LogP contribution < -0.4 is 0 Å². The lowest BCUT2D eigenvalue weighted by molar-refractivity contribution is 0.615. The topological polar surface area (TPSA) is 0 Å². The predicted octanol–water partition coefficient (Wildman–Crippen LogP) is 5.46. The van der Waals surface area contributed by atoms with Crippen LogP contribution in [0.2, 0.25) is 0 Å². The quantitative estimate of drug-likeness (QED) is 0.648. The zero-order valence-corrected chi connectivity index (χ0v) is 13.0. The minimum Gasteiger partial charge on any atom is -0.206 e. The van der Waals surface area contributed by atoms with E-state index in [0.717, 1.165) is 12.0 Å². The lowest BCUT2D eigenvalue weighted by Crippen LogP contribution is -2.07. The molecule has 2 aromatic rings. The first-order chi connectivity index (χ1) is 9.13. The first kappa shape index (κ1) is 14.5. The normalized spacial score (nSPS) is 12.4. The van der Waals surface area contributed by atoms with Gasteiger partial charge in [-0.25, -0.2) is 4.39 Å². The van der Waals surface area contributed by atoms with Gasteiger partial charge < -0.3 is 0 Å². The van der Waals surface area contributed by atoms with Crippen LogP contribution in [0, 0.1) is 12.7 Å². The van der Waals surface area contributed by atoms with Crippen molar-refractivity contribution in [1.82, 2.24) is 0 Å². The van der Waals surface area contributed by atoms with E-state index in [1.165, 1.54) is 17.2 Å². The minimum absolute atomic E-state index is 0.195. The van der Waals surface area contributed by atoms with Gasteiger partial charge in [-0.15, -0.1) is 11.6 Å². The van der Waals surface area contributed by atoms with Gasteiger partial charge in [0.1, 0.15) is 5.82 Å². The molecule has 0 radical (unpaired) electrons. The molecule has 19 heavy (non-hydrogen) atoms. The van der Waals surface area contributed by atoms with Crippen LogP contribution in [0.1, 0.15) is 22.6 Å². The van der Waals surface area contributed by atoms with Gasteiger partial charge in [0.15, 0.2) is 0 Å². The second kappa shape index (κ2) is 6.53. The highest BCUT2D eigenvalue weighted by molar-refractivity contribution is 9.10. The summed E-state index contributed by atoms with van der Waals surface area (Å²) in [7, 11) is 0. The summed E-state index contributed by atoms with van der Waals surface area (Å²) < 4.78 is 14.1. The van der Waals surface area contributed by atoms with Crippen molar-refractivity contribution in [2.45, 2.75) is 19.3 Å².